The Morgan fingerprint density at radius 1 is 1.56 bits per heavy atom. The van der Waals surface area contributed by atoms with Crippen molar-refractivity contribution >= 4 is 23.2 Å². The zero-order chi connectivity index (χ0) is 13.4. The van der Waals surface area contributed by atoms with E-state index in [4.69, 9.17) is 11.6 Å². The van der Waals surface area contributed by atoms with E-state index in [0.717, 1.165) is 26.8 Å². The Bertz CT molecular complexity index is 508. The second-order valence-electron chi connectivity index (χ2n) is 4.05. The molecule has 5 nitrogen and oxygen atoms in total. The third kappa shape index (κ3) is 2.48. The minimum atomic E-state index is -1.19. The molecule has 0 aliphatic carbocycles. The Labute approximate surface area is 120 Å². The van der Waals surface area contributed by atoms with E-state index >= 15 is 0 Å². The van der Waals surface area contributed by atoms with E-state index in [9.17, 15) is 15.2 Å². The van der Waals surface area contributed by atoms with Gasteiger partial charge in [0.05, 0.1) is 0 Å². The molecule has 0 atom stereocenters. The normalized spacial score (nSPS) is 14.4. The van der Waals surface area contributed by atoms with Crippen LogP contribution in [0.1, 0.15) is 18.1 Å². The van der Waals surface area contributed by atoms with Crippen LogP contribution in [0.5, 0.6) is 0 Å². The minimum absolute atomic E-state index is 0.0441. The van der Waals surface area contributed by atoms with E-state index in [2.05, 4.69) is 0 Å². The third-order valence-electron chi connectivity index (χ3n) is 2.99. The van der Waals surface area contributed by atoms with Gasteiger partial charge in [-0.2, -0.15) is 0 Å². The molecule has 1 aliphatic rings. The SMILES string of the molecule is CC(=O)N1CCc2c(C)c([I-][NH+]([O-])[O-])cc(Cl)c21. The number of carbonyl (C=O) groups is 1. The number of benzene rings is 1. The Morgan fingerprint density at radius 2 is 2.22 bits per heavy atom. The van der Waals surface area contributed by atoms with Gasteiger partial charge < -0.3 is 0 Å². The maximum atomic E-state index is 11.5. The maximum absolute atomic E-state index is 11.5. The van der Waals surface area contributed by atoms with Gasteiger partial charge in [-0.15, -0.1) is 0 Å². The van der Waals surface area contributed by atoms with Crippen molar-refractivity contribution in [2.45, 2.75) is 20.3 Å². The number of amides is 1. The van der Waals surface area contributed by atoms with Crippen LogP contribution in [0.15, 0.2) is 6.07 Å². The van der Waals surface area contributed by atoms with Crippen molar-refractivity contribution < 1.29 is 29.7 Å². The Hall–Kier alpha value is -0.410. The number of hydrogen-bond donors (Lipinski definition) is 1. The first-order valence-electron chi connectivity index (χ1n) is 5.37. The average Bonchev–Trinajstić information content (AvgIpc) is 2.69. The number of rotatable bonds is 2. The molecule has 0 radical (unpaired) electrons. The molecule has 0 saturated heterocycles. The number of halogens is 2. The van der Waals surface area contributed by atoms with Gasteiger partial charge in [0.15, 0.2) is 0 Å². The first-order chi connectivity index (χ1) is 8.41. The summed E-state index contributed by atoms with van der Waals surface area (Å²) in [5.74, 6) is -0.0441. The Balaban J connectivity index is 2.50. The molecule has 0 unspecified atom stereocenters. The summed E-state index contributed by atoms with van der Waals surface area (Å²) in [6.07, 6.45) is 0.727. The molecule has 0 spiro atoms. The van der Waals surface area contributed by atoms with Crippen LogP contribution in [-0.4, -0.2) is 12.5 Å². The molecule has 1 aromatic carbocycles. The predicted molar refractivity (Wildman–Crippen MR) is 64.3 cm³/mol. The van der Waals surface area contributed by atoms with Crippen molar-refractivity contribution in [2.24, 2.45) is 0 Å². The average molecular weight is 383 g/mol. The van der Waals surface area contributed by atoms with E-state index in [0.29, 0.717) is 11.6 Å². The van der Waals surface area contributed by atoms with Crippen molar-refractivity contribution in [2.75, 3.05) is 11.4 Å². The number of anilines is 1. The summed E-state index contributed by atoms with van der Waals surface area (Å²) in [4.78, 5) is 13.1. The number of nitrogens with zero attached hydrogens (tertiary/aromatic N) is 1. The fraction of sp³-hybridized carbons (Fsp3) is 0.364. The van der Waals surface area contributed by atoms with Gasteiger partial charge in [0.2, 0.25) is 0 Å². The molecule has 7 heteroatoms. The van der Waals surface area contributed by atoms with Gasteiger partial charge in [-0.25, -0.2) is 0 Å². The first-order valence-corrected chi connectivity index (χ1v) is 7.91. The number of fused-ring (bicyclic) bond motifs is 1. The zero-order valence-corrected chi connectivity index (χ0v) is 12.8. The molecule has 2 rings (SSSR count). The van der Waals surface area contributed by atoms with Gasteiger partial charge in [-0.3, -0.25) is 0 Å². The molecular formula is C11H12ClIN2O3-2. The summed E-state index contributed by atoms with van der Waals surface area (Å²) in [5.41, 5.74) is 2.68. The van der Waals surface area contributed by atoms with Crippen LogP contribution >= 0.6 is 11.6 Å². The third-order valence-corrected chi connectivity index (χ3v) is 5.42. The zero-order valence-electron chi connectivity index (χ0n) is 9.92. The molecule has 0 bridgehead atoms. The van der Waals surface area contributed by atoms with Crippen LogP contribution in [0, 0.1) is 20.9 Å². The van der Waals surface area contributed by atoms with Gasteiger partial charge >= 0.3 is 121 Å². The summed E-state index contributed by atoms with van der Waals surface area (Å²) in [6, 6.07) is 1.67. The topological polar surface area (TPSA) is 70.9 Å². The van der Waals surface area contributed by atoms with Crippen molar-refractivity contribution in [3.05, 3.63) is 36.2 Å². The number of nitrogens with one attached hydrogen (secondary N) is 1. The fourth-order valence-electron chi connectivity index (χ4n) is 2.18. The second kappa shape index (κ2) is 5.30. The Kier molecular flexibility index (Phi) is 4.12. The summed E-state index contributed by atoms with van der Waals surface area (Å²) < 4.78 is -0.253. The number of carbonyl (C=O) groups excluding carboxylic acids is 1. The second-order valence-corrected chi connectivity index (χ2v) is 7.03. The molecule has 0 fully saturated rings. The van der Waals surface area contributed by atoms with Gasteiger partial charge in [0, 0.05) is 0 Å². The monoisotopic (exact) mass is 382 g/mol. The van der Waals surface area contributed by atoms with E-state index in [1.165, 1.54) is 6.92 Å². The van der Waals surface area contributed by atoms with Crippen LogP contribution in [-0.2, 0) is 11.2 Å². The van der Waals surface area contributed by atoms with Crippen LogP contribution in [0.25, 0.3) is 0 Å². The first kappa shape index (κ1) is 14.0. The molecule has 100 valence electrons. The van der Waals surface area contributed by atoms with Gasteiger partial charge in [-0.05, 0) is 0 Å². The van der Waals surface area contributed by atoms with Gasteiger partial charge in [0.1, 0.15) is 0 Å². The summed E-state index contributed by atoms with van der Waals surface area (Å²) >= 11 is 4.99. The van der Waals surface area contributed by atoms with Crippen molar-refractivity contribution in [1.29, 1.82) is 0 Å². The standard InChI is InChI=1S/C11H12ClIN2O3/c1-6-8-3-4-14(7(2)16)11(8)9(12)5-10(6)13-15(17)18/h5,15H,3-4H2,1-2H3/q-2. The summed E-state index contributed by atoms with van der Waals surface area (Å²) in [7, 11) is 0. The van der Waals surface area contributed by atoms with Gasteiger partial charge in [0.25, 0.3) is 0 Å². The molecule has 0 saturated carbocycles. The van der Waals surface area contributed by atoms with Crippen LogP contribution in [0.4, 0.5) is 5.69 Å². The fourth-order valence-corrected chi connectivity index (χ4v) is 4.36. The van der Waals surface area contributed by atoms with Crippen molar-refractivity contribution in [3.63, 3.8) is 0 Å². The van der Waals surface area contributed by atoms with E-state index in [1.54, 1.807) is 11.0 Å². The van der Waals surface area contributed by atoms with E-state index in [-0.39, 0.29) is 5.91 Å². The number of quaternary nitrogens is 1. The van der Waals surface area contributed by atoms with Crippen molar-refractivity contribution in [3.8, 4) is 0 Å². The van der Waals surface area contributed by atoms with Crippen LogP contribution in [0.3, 0.4) is 0 Å². The van der Waals surface area contributed by atoms with Gasteiger partial charge in [-0.1, -0.05) is 0 Å². The molecule has 1 aliphatic heterocycles. The number of hydrogen-bond acceptors (Lipinski definition) is 3. The summed E-state index contributed by atoms with van der Waals surface area (Å²) in [6.45, 7) is 4.00. The molecule has 18 heavy (non-hydrogen) atoms. The van der Waals surface area contributed by atoms with E-state index < -0.39 is 24.9 Å². The van der Waals surface area contributed by atoms with Crippen molar-refractivity contribution in [1.82, 2.24) is 0 Å². The molecule has 1 aromatic rings. The van der Waals surface area contributed by atoms with Crippen LogP contribution < -0.4 is 29.8 Å². The Morgan fingerprint density at radius 3 is 2.78 bits per heavy atom. The molecule has 1 N–H and O–H groups in total. The predicted octanol–water partition coefficient (Wildman–Crippen LogP) is -2.39. The van der Waals surface area contributed by atoms with Crippen LogP contribution in [0.2, 0.25) is 5.02 Å². The molecule has 1 heterocycles. The molecular weight excluding hydrogens is 370 g/mol. The quantitative estimate of drug-likeness (QED) is 0.353. The van der Waals surface area contributed by atoms with E-state index in [1.807, 2.05) is 6.92 Å². The molecule has 1 amide bonds. The molecule has 0 aromatic heterocycles. The summed E-state index contributed by atoms with van der Waals surface area (Å²) in [5, 5.41) is 21.9.